The summed E-state index contributed by atoms with van der Waals surface area (Å²) in [6.45, 7) is 3.81. The van der Waals surface area contributed by atoms with E-state index in [1.165, 1.54) is 4.31 Å². The number of nitrogens with zero attached hydrogens (tertiary/aromatic N) is 4. The Hall–Kier alpha value is -2.76. The van der Waals surface area contributed by atoms with Gasteiger partial charge in [0.25, 0.3) is 0 Å². The highest BCUT2D eigenvalue weighted by atomic mass is 32.2. The number of rotatable bonds is 6. The summed E-state index contributed by atoms with van der Waals surface area (Å²) in [4.78, 5) is 14.3. The Kier molecular flexibility index (Phi) is 5.50. The van der Waals surface area contributed by atoms with Crippen molar-refractivity contribution in [1.82, 2.24) is 19.3 Å². The molecule has 2 saturated heterocycles. The molecule has 0 saturated carbocycles. The van der Waals surface area contributed by atoms with Crippen LogP contribution in [0.3, 0.4) is 0 Å². The lowest BCUT2D eigenvalue weighted by Crippen LogP contribution is -2.48. The van der Waals surface area contributed by atoms with Gasteiger partial charge >= 0.3 is 0 Å². The summed E-state index contributed by atoms with van der Waals surface area (Å²) in [7, 11) is -3.79. The highest BCUT2D eigenvalue weighted by molar-refractivity contribution is 7.89. The number of aryl methyl sites for hydroxylation is 1. The molecule has 1 unspecified atom stereocenters. The van der Waals surface area contributed by atoms with Crippen molar-refractivity contribution < 1.29 is 12.8 Å². The average Bonchev–Trinajstić information content (AvgIpc) is 3.52. The molecule has 1 aromatic carbocycles. The van der Waals surface area contributed by atoms with E-state index in [0.29, 0.717) is 18.8 Å². The molecule has 0 spiro atoms. The van der Waals surface area contributed by atoms with Crippen LogP contribution in [0.1, 0.15) is 18.4 Å². The Labute approximate surface area is 192 Å². The van der Waals surface area contributed by atoms with Crippen LogP contribution in [-0.2, 0) is 10.0 Å². The van der Waals surface area contributed by atoms with Crippen LogP contribution in [0.2, 0.25) is 0 Å². The molecule has 0 bridgehead atoms. The summed E-state index contributed by atoms with van der Waals surface area (Å²) >= 11 is 0. The van der Waals surface area contributed by atoms with E-state index in [0.717, 1.165) is 35.4 Å². The molecule has 33 heavy (non-hydrogen) atoms. The topological polar surface area (TPSA) is 120 Å². The summed E-state index contributed by atoms with van der Waals surface area (Å²) < 4.78 is 41.1. The van der Waals surface area contributed by atoms with Crippen LogP contribution < -0.4 is 16.0 Å². The Balaban J connectivity index is 1.33. The van der Waals surface area contributed by atoms with Gasteiger partial charge in [-0.15, -0.1) is 0 Å². The molecule has 2 aromatic heterocycles. The average molecular weight is 474 g/mol. The fraction of sp³-hybridized carbons (Fsp3) is 0.455. The first-order valence-electron chi connectivity index (χ1n) is 11.1. The first-order chi connectivity index (χ1) is 15.8. The van der Waals surface area contributed by atoms with Crippen LogP contribution in [0.4, 0.5) is 15.9 Å². The van der Waals surface area contributed by atoms with E-state index < -0.39 is 21.7 Å². The highest BCUT2D eigenvalue weighted by Crippen LogP contribution is 2.32. The second-order valence-corrected chi connectivity index (χ2v) is 10.9. The second-order valence-electron chi connectivity index (χ2n) is 9.03. The number of alkyl halides is 1. The molecule has 0 radical (unpaired) electrons. The maximum atomic E-state index is 13.6. The van der Waals surface area contributed by atoms with Crippen molar-refractivity contribution in [2.45, 2.75) is 36.4 Å². The van der Waals surface area contributed by atoms with Crippen LogP contribution >= 0.6 is 0 Å². The van der Waals surface area contributed by atoms with E-state index in [1.807, 2.05) is 13.1 Å². The zero-order valence-corrected chi connectivity index (χ0v) is 19.3. The lowest BCUT2D eigenvalue weighted by Gasteiger charge is -2.27. The molecule has 9 nitrogen and oxygen atoms in total. The van der Waals surface area contributed by atoms with Gasteiger partial charge in [0.2, 0.25) is 10.0 Å². The van der Waals surface area contributed by atoms with Gasteiger partial charge in [0.1, 0.15) is 28.9 Å². The third-order valence-corrected chi connectivity index (χ3v) is 8.48. The molecule has 2 aliphatic heterocycles. The molecule has 2 fully saturated rings. The Morgan fingerprint density at radius 1 is 1.30 bits per heavy atom. The largest absolute Gasteiger partial charge is 0.382 e. The minimum atomic E-state index is -3.79. The number of sulfonamides is 1. The first-order valence-corrected chi connectivity index (χ1v) is 12.5. The first kappa shape index (κ1) is 22.1. The molecular weight excluding hydrogens is 445 g/mol. The van der Waals surface area contributed by atoms with Crippen molar-refractivity contribution >= 4 is 32.6 Å². The molecule has 3 aromatic rings. The predicted molar refractivity (Wildman–Crippen MR) is 126 cm³/mol. The van der Waals surface area contributed by atoms with E-state index in [4.69, 9.17) is 5.73 Å². The minimum absolute atomic E-state index is 0.0988. The summed E-state index contributed by atoms with van der Waals surface area (Å²) in [5, 5.41) is 4.25. The Bertz CT molecular complexity index is 1280. The minimum Gasteiger partial charge on any atom is -0.382 e. The van der Waals surface area contributed by atoms with Crippen molar-refractivity contribution in [3.05, 3.63) is 42.4 Å². The SMILES string of the molecule is Cc1c[nH]c2ncnc(N3CCC(N)(CNc4ccccc4S(=O)(=O)N4CC[C@@H](F)C4)C3)c12. The summed E-state index contributed by atoms with van der Waals surface area (Å²) in [5.41, 5.74) is 8.50. The molecule has 4 N–H and O–H groups in total. The molecule has 4 heterocycles. The number of nitrogens with one attached hydrogen (secondary N) is 2. The Morgan fingerprint density at radius 3 is 2.91 bits per heavy atom. The number of anilines is 2. The van der Waals surface area contributed by atoms with Crippen LogP contribution in [0.15, 0.2) is 41.7 Å². The van der Waals surface area contributed by atoms with Crippen LogP contribution in [0.5, 0.6) is 0 Å². The van der Waals surface area contributed by atoms with Gasteiger partial charge in [-0.3, -0.25) is 0 Å². The van der Waals surface area contributed by atoms with Crippen LogP contribution in [0, 0.1) is 6.92 Å². The zero-order chi connectivity index (χ0) is 23.2. The van der Waals surface area contributed by atoms with Crippen LogP contribution in [-0.4, -0.2) is 72.1 Å². The van der Waals surface area contributed by atoms with Gasteiger partial charge < -0.3 is 20.9 Å². The number of para-hydroxylation sites is 1. The van der Waals surface area contributed by atoms with Gasteiger partial charge in [-0.05, 0) is 37.5 Å². The van der Waals surface area contributed by atoms with Gasteiger partial charge in [-0.1, -0.05) is 12.1 Å². The fourth-order valence-corrected chi connectivity index (χ4v) is 6.36. The van der Waals surface area contributed by atoms with E-state index in [1.54, 1.807) is 30.6 Å². The van der Waals surface area contributed by atoms with Crippen molar-refractivity contribution in [2.75, 3.05) is 42.9 Å². The molecular formula is C22H28FN7O2S. The standard InChI is InChI=1S/C22H28FN7O2S/c1-15-10-25-20-19(15)21(28-14-27-20)29-9-7-22(24,13-29)12-26-17-4-2-3-5-18(17)33(31,32)30-8-6-16(23)11-30/h2-5,10,14,16,26H,6-9,11-13,24H2,1H3,(H,25,27,28)/t16-,22?/m1/s1. The molecule has 5 rings (SSSR count). The van der Waals surface area contributed by atoms with Gasteiger partial charge in [0.15, 0.2) is 0 Å². The van der Waals surface area contributed by atoms with Gasteiger partial charge in [-0.2, -0.15) is 4.31 Å². The number of aromatic amines is 1. The van der Waals surface area contributed by atoms with E-state index in [-0.39, 0.29) is 24.4 Å². The lowest BCUT2D eigenvalue weighted by molar-refractivity contribution is 0.343. The molecule has 0 aliphatic carbocycles. The molecule has 0 amide bonds. The van der Waals surface area contributed by atoms with Gasteiger partial charge in [-0.25, -0.2) is 22.8 Å². The highest BCUT2D eigenvalue weighted by Gasteiger charge is 2.37. The monoisotopic (exact) mass is 473 g/mol. The third-order valence-electron chi connectivity index (χ3n) is 6.56. The number of H-pyrrole nitrogens is 1. The van der Waals surface area contributed by atoms with Gasteiger partial charge in [0, 0.05) is 38.9 Å². The maximum Gasteiger partial charge on any atom is 0.245 e. The number of fused-ring (bicyclic) bond motifs is 1. The number of aromatic nitrogens is 3. The quantitative estimate of drug-likeness (QED) is 0.501. The Morgan fingerprint density at radius 2 is 2.12 bits per heavy atom. The third kappa shape index (κ3) is 4.04. The van der Waals surface area contributed by atoms with E-state index in [2.05, 4.69) is 25.2 Å². The summed E-state index contributed by atoms with van der Waals surface area (Å²) in [5.74, 6) is 0.851. The van der Waals surface area contributed by atoms with Gasteiger partial charge in [0.05, 0.1) is 16.6 Å². The van der Waals surface area contributed by atoms with Crippen LogP contribution in [0.25, 0.3) is 11.0 Å². The lowest BCUT2D eigenvalue weighted by atomic mass is 10.0. The number of hydrogen-bond donors (Lipinski definition) is 3. The fourth-order valence-electron chi connectivity index (χ4n) is 4.71. The molecule has 2 atom stereocenters. The smallest absolute Gasteiger partial charge is 0.245 e. The summed E-state index contributed by atoms with van der Waals surface area (Å²) in [6, 6.07) is 6.73. The van der Waals surface area contributed by atoms with Crippen molar-refractivity contribution in [3.63, 3.8) is 0 Å². The predicted octanol–water partition coefficient (Wildman–Crippen LogP) is 2.02. The summed E-state index contributed by atoms with van der Waals surface area (Å²) in [6.07, 6.45) is 3.30. The number of nitrogens with two attached hydrogens (primary N) is 1. The number of hydrogen-bond acceptors (Lipinski definition) is 7. The van der Waals surface area contributed by atoms with Crippen molar-refractivity contribution in [2.24, 2.45) is 5.73 Å². The van der Waals surface area contributed by atoms with E-state index >= 15 is 0 Å². The van der Waals surface area contributed by atoms with Crippen molar-refractivity contribution in [1.29, 1.82) is 0 Å². The number of halogens is 1. The van der Waals surface area contributed by atoms with Crippen molar-refractivity contribution in [3.8, 4) is 0 Å². The van der Waals surface area contributed by atoms with E-state index in [9.17, 15) is 12.8 Å². The normalized spacial score (nSPS) is 24.1. The zero-order valence-electron chi connectivity index (χ0n) is 18.5. The second kappa shape index (κ2) is 8.23. The number of benzene rings is 1. The molecule has 11 heteroatoms. The molecule has 2 aliphatic rings. The maximum absolute atomic E-state index is 13.6. The molecule has 176 valence electrons.